The molecule has 1 heterocycles. The van der Waals surface area contributed by atoms with E-state index < -0.39 is 35.3 Å². The Morgan fingerprint density at radius 2 is 1.73 bits per heavy atom. The normalized spacial score (nSPS) is 21.0. The average molecular weight is 369 g/mol. The summed E-state index contributed by atoms with van der Waals surface area (Å²) in [6.07, 6.45) is -1.63. The van der Waals surface area contributed by atoms with Gasteiger partial charge in [0.25, 0.3) is 0 Å². The van der Waals surface area contributed by atoms with Crippen LogP contribution in [0.3, 0.4) is 0 Å². The number of halogens is 3. The maximum absolute atomic E-state index is 12.8. The van der Waals surface area contributed by atoms with E-state index in [0.717, 1.165) is 12.1 Å². The van der Waals surface area contributed by atoms with Crippen LogP contribution in [0.15, 0.2) is 36.5 Å². The van der Waals surface area contributed by atoms with Crippen LogP contribution in [0.4, 0.5) is 13.2 Å². The van der Waals surface area contributed by atoms with Crippen molar-refractivity contribution in [3.8, 4) is 0 Å². The molecule has 1 aromatic rings. The molecule has 0 N–H and O–H groups in total. The van der Waals surface area contributed by atoms with Crippen LogP contribution in [-0.4, -0.2) is 29.3 Å². The molecule has 4 nitrogen and oxygen atoms in total. The summed E-state index contributed by atoms with van der Waals surface area (Å²) in [5.41, 5.74) is -0.905. The fourth-order valence-corrected chi connectivity index (χ4v) is 2.96. The number of hydrogen-bond acceptors (Lipinski definition) is 4. The Balaban J connectivity index is 2.29. The first kappa shape index (κ1) is 20.0. The monoisotopic (exact) mass is 369 g/mol. The molecule has 7 heteroatoms. The molecular weight excluding hydrogens is 347 g/mol. The first-order chi connectivity index (χ1) is 11.9. The summed E-state index contributed by atoms with van der Waals surface area (Å²) in [6, 6.07) is 4.12. The second-order valence-corrected chi connectivity index (χ2v) is 7.35. The van der Waals surface area contributed by atoms with E-state index >= 15 is 0 Å². The van der Waals surface area contributed by atoms with Gasteiger partial charge < -0.3 is 9.64 Å². The standard InChI is InChI=1S/C19H22F3NO3/c1-18(2,3)26-16(25)11-14-15(24)9-10-23(4)17(14)12-5-7-13(8-6-12)19(20,21)22/h5-10,14,17H,11H2,1-4H3/t14-,17+/m0/s1. The van der Waals surface area contributed by atoms with E-state index in [1.165, 1.54) is 18.2 Å². The summed E-state index contributed by atoms with van der Waals surface area (Å²) >= 11 is 0. The molecule has 2 atom stereocenters. The third kappa shape index (κ3) is 4.86. The van der Waals surface area contributed by atoms with Gasteiger partial charge in [-0.1, -0.05) is 12.1 Å². The Morgan fingerprint density at radius 1 is 1.15 bits per heavy atom. The first-order valence-electron chi connectivity index (χ1n) is 8.21. The zero-order valence-electron chi connectivity index (χ0n) is 15.1. The van der Waals surface area contributed by atoms with Crippen LogP contribution >= 0.6 is 0 Å². The summed E-state index contributed by atoms with van der Waals surface area (Å²) < 4.78 is 43.6. The molecule has 142 valence electrons. The molecule has 0 aliphatic carbocycles. The molecular formula is C19H22F3NO3. The van der Waals surface area contributed by atoms with E-state index in [0.29, 0.717) is 5.56 Å². The fourth-order valence-electron chi connectivity index (χ4n) is 2.96. The topological polar surface area (TPSA) is 46.6 Å². The minimum absolute atomic E-state index is 0.142. The minimum Gasteiger partial charge on any atom is -0.460 e. The van der Waals surface area contributed by atoms with Gasteiger partial charge in [0.1, 0.15) is 5.60 Å². The van der Waals surface area contributed by atoms with Gasteiger partial charge in [0, 0.05) is 13.2 Å². The van der Waals surface area contributed by atoms with Crippen molar-refractivity contribution in [1.29, 1.82) is 0 Å². The van der Waals surface area contributed by atoms with Crippen LogP contribution in [-0.2, 0) is 20.5 Å². The summed E-state index contributed by atoms with van der Waals surface area (Å²) in [6.45, 7) is 5.19. The lowest BCUT2D eigenvalue weighted by Crippen LogP contribution is -2.37. The van der Waals surface area contributed by atoms with E-state index in [1.54, 1.807) is 38.9 Å². The number of ether oxygens (including phenoxy) is 1. The lowest BCUT2D eigenvalue weighted by Gasteiger charge is -2.36. The quantitative estimate of drug-likeness (QED) is 0.752. The highest BCUT2D eigenvalue weighted by atomic mass is 19.4. The van der Waals surface area contributed by atoms with Gasteiger partial charge in [-0.25, -0.2) is 0 Å². The molecule has 26 heavy (non-hydrogen) atoms. The van der Waals surface area contributed by atoms with E-state index in [1.807, 2.05) is 0 Å². The van der Waals surface area contributed by atoms with Crippen LogP contribution in [0.5, 0.6) is 0 Å². The number of rotatable bonds is 3. The van der Waals surface area contributed by atoms with Gasteiger partial charge in [0.15, 0.2) is 5.78 Å². The Bertz CT molecular complexity index is 702. The number of carbonyl (C=O) groups is 2. The number of alkyl halides is 3. The molecule has 1 aromatic carbocycles. The highest BCUT2D eigenvalue weighted by molar-refractivity contribution is 5.95. The zero-order valence-corrected chi connectivity index (χ0v) is 15.1. The summed E-state index contributed by atoms with van der Waals surface area (Å²) in [4.78, 5) is 26.2. The predicted molar refractivity (Wildman–Crippen MR) is 90.0 cm³/mol. The molecule has 0 fully saturated rings. The van der Waals surface area contributed by atoms with Crippen LogP contribution in [0.1, 0.15) is 44.4 Å². The van der Waals surface area contributed by atoms with Gasteiger partial charge in [-0.3, -0.25) is 9.59 Å². The third-order valence-electron chi connectivity index (χ3n) is 4.05. The maximum Gasteiger partial charge on any atom is 0.416 e. The Labute approximate surface area is 150 Å². The number of ketones is 1. The molecule has 0 saturated carbocycles. The van der Waals surface area contributed by atoms with Gasteiger partial charge >= 0.3 is 12.1 Å². The number of hydrogen-bond donors (Lipinski definition) is 0. The predicted octanol–water partition coefficient (Wildman–Crippen LogP) is 4.12. The molecule has 1 aliphatic heterocycles. The molecule has 1 aliphatic rings. The molecule has 0 unspecified atom stereocenters. The summed E-state index contributed by atoms with van der Waals surface area (Å²) in [7, 11) is 1.72. The second-order valence-electron chi connectivity index (χ2n) is 7.35. The highest BCUT2D eigenvalue weighted by Gasteiger charge is 2.37. The fraction of sp³-hybridized carbons (Fsp3) is 0.474. The van der Waals surface area contributed by atoms with E-state index in [2.05, 4.69) is 0 Å². The third-order valence-corrected chi connectivity index (χ3v) is 4.05. The van der Waals surface area contributed by atoms with Gasteiger partial charge in [-0.2, -0.15) is 13.2 Å². The van der Waals surface area contributed by atoms with Crippen LogP contribution in [0.25, 0.3) is 0 Å². The zero-order chi connectivity index (χ0) is 19.7. The molecule has 0 saturated heterocycles. The second kappa shape index (κ2) is 7.13. The van der Waals surface area contributed by atoms with Crippen LogP contribution in [0, 0.1) is 5.92 Å². The van der Waals surface area contributed by atoms with Crippen LogP contribution < -0.4 is 0 Å². The van der Waals surface area contributed by atoms with Gasteiger partial charge in [0.2, 0.25) is 0 Å². The summed E-state index contributed by atoms with van der Waals surface area (Å²) in [5.74, 6) is -1.49. The van der Waals surface area contributed by atoms with Crippen molar-refractivity contribution in [2.75, 3.05) is 7.05 Å². The average Bonchev–Trinajstić information content (AvgIpc) is 2.48. The van der Waals surface area contributed by atoms with Gasteiger partial charge in [0.05, 0.1) is 23.9 Å². The van der Waals surface area contributed by atoms with Gasteiger partial charge in [-0.05, 0) is 44.5 Å². The SMILES string of the molecule is CN1C=CC(=O)[C@H](CC(=O)OC(C)(C)C)[C@H]1c1ccc(C(F)(F)F)cc1. The van der Waals surface area contributed by atoms with Crippen molar-refractivity contribution in [2.45, 2.75) is 45.0 Å². The highest BCUT2D eigenvalue weighted by Crippen LogP contribution is 2.36. The van der Waals surface area contributed by atoms with E-state index in [4.69, 9.17) is 4.74 Å². The molecule has 0 aromatic heterocycles. The Kier molecular flexibility index (Phi) is 5.49. The number of esters is 1. The van der Waals surface area contributed by atoms with Crippen molar-refractivity contribution in [3.63, 3.8) is 0 Å². The van der Waals surface area contributed by atoms with Crippen molar-refractivity contribution < 1.29 is 27.5 Å². The van der Waals surface area contributed by atoms with E-state index in [9.17, 15) is 22.8 Å². The Hall–Kier alpha value is -2.31. The largest absolute Gasteiger partial charge is 0.460 e. The van der Waals surface area contributed by atoms with Crippen molar-refractivity contribution >= 4 is 11.8 Å². The van der Waals surface area contributed by atoms with E-state index in [-0.39, 0.29) is 12.2 Å². The van der Waals surface area contributed by atoms with Gasteiger partial charge in [-0.15, -0.1) is 0 Å². The van der Waals surface area contributed by atoms with Crippen LogP contribution in [0.2, 0.25) is 0 Å². The minimum atomic E-state index is -4.43. The van der Waals surface area contributed by atoms with Crippen molar-refractivity contribution in [2.24, 2.45) is 5.92 Å². The molecule has 0 bridgehead atoms. The Morgan fingerprint density at radius 3 is 2.23 bits per heavy atom. The molecule has 0 amide bonds. The number of allylic oxidation sites excluding steroid dienone is 1. The number of carbonyl (C=O) groups excluding carboxylic acids is 2. The molecule has 0 radical (unpaired) electrons. The lowest BCUT2D eigenvalue weighted by molar-refractivity contribution is -0.157. The lowest BCUT2D eigenvalue weighted by atomic mass is 9.84. The molecule has 2 rings (SSSR count). The smallest absolute Gasteiger partial charge is 0.416 e. The molecule has 0 spiro atoms. The maximum atomic E-state index is 12.8. The number of nitrogens with zero attached hydrogens (tertiary/aromatic N) is 1. The summed E-state index contributed by atoms with van der Waals surface area (Å²) in [5, 5.41) is 0. The van der Waals surface area contributed by atoms with Crippen molar-refractivity contribution in [3.05, 3.63) is 47.7 Å². The first-order valence-corrected chi connectivity index (χ1v) is 8.21. The number of benzene rings is 1. The van der Waals surface area contributed by atoms with Crippen molar-refractivity contribution in [1.82, 2.24) is 4.90 Å².